The maximum Gasteiger partial charge on any atom is 0.210 e. The molecule has 2 aromatic carbocycles. The summed E-state index contributed by atoms with van der Waals surface area (Å²) in [6.07, 6.45) is 0. The predicted molar refractivity (Wildman–Crippen MR) is 138 cm³/mol. The monoisotopic (exact) mass is 528 g/mol. The van der Waals surface area contributed by atoms with Crippen molar-refractivity contribution in [1.29, 1.82) is 0 Å². The maximum atomic E-state index is 6.07. The Hall–Kier alpha value is -3.90. The van der Waals surface area contributed by atoms with Crippen molar-refractivity contribution in [2.75, 3.05) is 68.8 Å². The second-order valence-electron chi connectivity index (χ2n) is 8.75. The molecule has 1 saturated heterocycles. The summed E-state index contributed by atoms with van der Waals surface area (Å²) in [6, 6.07) is 3.59. The number of fused-ring (bicyclic) bond motifs is 2. The van der Waals surface area contributed by atoms with Gasteiger partial charge in [0.25, 0.3) is 0 Å². The van der Waals surface area contributed by atoms with E-state index in [4.69, 9.17) is 37.3 Å². The van der Waals surface area contributed by atoms with Crippen LogP contribution in [0.25, 0.3) is 22.2 Å². The molecule has 0 N–H and O–H groups in total. The number of nitrogens with zero attached hydrogens (tertiary/aromatic N) is 4. The Balaban J connectivity index is 1.26. The zero-order valence-electron chi connectivity index (χ0n) is 22.5. The number of piperazine rings is 1. The van der Waals surface area contributed by atoms with Crippen LogP contribution in [-0.2, 0) is 13.1 Å². The van der Waals surface area contributed by atoms with Gasteiger partial charge >= 0.3 is 0 Å². The van der Waals surface area contributed by atoms with Gasteiger partial charge in [-0.15, -0.1) is 0 Å². The van der Waals surface area contributed by atoms with Gasteiger partial charge in [-0.2, -0.15) is 0 Å². The summed E-state index contributed by atoms with van der Waals surface area (Å²) in [4.78, 5) is 13.9. The van der Waals surface area contributed by atoms with Gasteiger partial charge in [0, 0.05) is 38.3 Å². The van der Waals surface area contributed by atoms with Crippen molar-refractivity contribution in [3.05, 3.63) is 23.9 Å². The molecule has 12 heteroatoms. The molecule has 12 nitrogen and oxygen atoms in total. The number of oxazole rings is 2. The number of ether oxygens (including phenoxy) is 6. The quantitative estimate of drug-likeness (QED) is 0.301. The maximum absolute atomic E-state index is 6.07. The Morgan fingerprint density at radius 2 is 0.947 bits per heavy atom. The molecule has 5 rings (SSSR count). The van der Waals surface area contributed by atoms with E-state index in [1.165, 1.54) is 0 Å². The number of methoxy groups -OCH3 is 6. The summed E-state index contributed by atoms with van der Waals surface area (Å²) in [5.74, 6) is 4.19. The molecule has 0 unspecified atom stereocenters. The lowest BCUT2D eigenvalue weighted by Crippen LogP contribution is -2.45. The molecule has 3 heterocycles. The van der Waals surface area contributed by atoms with Crippen LogP contribution >= 0.6 is 0 Å². The third-order valence-electron chi connectivity index (χ3n) is 6.64. The van der Waals surface area contributed by atoms with E-state index in [0.717, 1.165) is 26.2 Å². The second kappa shape index (κ2) is 10.8. The van der Waals surface area contributed by atoms with Gasteiger partial charge in [0.15, 0.2) is 11.5 Å². The summed E-state index contributed by atoms with van der Waals surface area (Å²) >= 11 is 0. The van der Waals surface area contributed by atoms with Crippen LogP contribution in [0.5, 0.6) is 34.5 Å². The smallest absolute Gasteiger partial charge is 0.210 e. The van der Waals surface area contributed by atoms with Crippen molar-refractivity contribution >= 4 is 22.2 Å². The van der Waals surface area contributed by atoms with Crippen LogP contribution in [-0.4, -0.2) is 88.6 Å². The Kier molecular flexibility index (Phi) is 7.34. The zero-order valence-corrected chi connectivity index (χ0v) is 22.5. The van der Waals surface area contributed by atoms with Crippen LogP contribution in [0.1, 0.15) is 11.8 Å². The van der Waals surface area contributed by atoms with Crippen LogP contribution in [0.15, 0.2) is 21.0 Å². The molecule has 0 aliphatic carbocycles. The molecule has 1 aliphatic heterocycles. The van der Waals surface area contributed by atoms with Crippen molar-refractivity contribution in [3.63, 3.8) is 0 Å². The van der Waals surface area contributed by atoms with Crippen molar-refractivity contribution < 1.29 is 37.3 Å². The highest BCUT2D eigenvalue weighted by Crippen LogP contribution is 2.44. The van der Waals surface area contributed by atoms with Crippen LogP contribution < -0.4 is 28.4 Å². The third-order valence-corrected chi connectivity index (χ3v) is 6.64. The van der Waals surface area contributed by atoms with Gasteiger partial charge in [0.05, 0.1) is 55.7 Å². The fraction of sp³-hybridized carbons (Fsp3) is 0.462. The Bertz CT molecular complexity index is 1320. The summed E-state index contributed by atoms with van der Waals surface area (Å²) in [6.45, 7) is 4.52. The van der Waals surface area contributed by atoms with Crippen LogP contribution in [0.4, 0.5) is 0 Å². The summed E-state index contributed by atoms with van der Waals surface area (Å²) < 4.78 is 45.0. The summed E-state index contributed by atoms with van der Waals surface area (Å²) in [7, 11) is 9.42. The number of benzene rings is 2. The van der Waals surface area contributed by atoms with Crippen LogP contribution in [0, 0.1) is 0 Å². The third kappa shape index (κ3) is 4.61. The summed E-state index contributed by atoms with van der Waals surface area (Å²) in [5.41, 5.74) is 2.40. The van der Waals surface area contributed by atoms with Gasteiger partial charge in [0.2, 0.25) is 45.9 Å². The van der Waals surface area contributed by atoms with E-state index in [1.54, 1.807) is 54.8 Å². The molecule has 38 heavy (non-hydrogen) atoms. The van der Waals surface area contributed by atoms with Gasteiger partial charge in [-0.1, -0.05) is 0 Å². The lowest BCUT2D eigenvalue weighted by molar-refractivity contribution is 0.108. The minimum absolute atomic E-state index is 0.468. The standard InChI is InChI=1S/C26H32N4O8/c1-31-17-11-15-21(25(35-5)23(17)33-3)37-19(27-15)13-29-7-9-30(10-8-29)14-20-28-16-12-18(32-2)24(34-4)26(36-6)22(16)38-20/h11-12H,7-10,13-14H2,1-6H3. The molecular weight excluding hydrogens is 496 g/mol. The molecule has 2 aromatic heterocycles. The summed E-state index contributed by atoms with van der Waals surface area (Å²) in [5, 5.41) is 0. The molecule has 0 spiro atoms. The number of aromatic nitrogens is 2. The van der Waals surface area contributed by atoms with E-state index in [0.29, 0.717) is 81.6 Å². The molecule has 204 valence electrons. The number of hydrogen-bond donors (Lipinski definition) is 0. The largest absolute Gasteiger partial charge is 0.493 e. The molecule has 0 saturated carbocycles. The molecule has 0 atom stereocenters. The van der Waals surface area contributed by atoms with Gasteiger partial charge in [-0.3, -0.25) is 9.80 Å². The van der Waals surface area contributed by atoms with E-state index in [9.17, 15) is 0 Å². The molecule has 4 aromatic rings. The van der Waals surface area contributed by atoms with E-state index >= 15 is 0 Å². The topological polar surface area (TPSA) is 114 Å². The normalized spacial score (nSPS) is 14.7. The Morgan fingerprint density at radius 1 is 0.579 bits per heavy atom. The lowest BCUT2D eigenvalue weighted by atomic mass is 10.2. The van der Waals surface area contributed by atoms with Crippen LogP contribution in [0.2, 0.25) is 0 Å². The first kappa shape index (κ1) is 25.7. The zero-order chi connectivity index (χ0) is 26.8. The van der Waals surface area contributed by atoms with Gasteiger partial charge < -0.3 is 37.3 Å². The Morgan fingerprint density at radius 3 is 1.26 bits per heavy atom. The fourth-order valence-corrected chi connectivity index (χ4v) is 4.77. The molecule has 0 amide bonds. The highest BCUT2D eigenvalue weighted by atomic mass is 16.5. The van der Waals surface area contributed by atoms with Crippen molar-refractivity contribution in [2.24, 2.45) is 0 Å². The lowest BCUT2D eigenvalue weighted by Gasteiger charge is -2.33. The minimum Gasteiger partial charge on any atom is -0.493 e. The molecule has 1 fully saturated rings. The van der Waals surface area contributed by atoms with E-state index in [1.807, 2.05) is 0 Å². The van der Waals surface area contributed by atoms with E-state index in [2.05, 4.69) is 19.8 Å². The second-order valence-corrected chi connectivity index (χ2v) is 8.75. The van der Waals surface area contributed by atoms with Gasteiger partial charge in [-0.05, 0) is 0 Å². The van der Waals surface area contributed by atoms with Crippen LogP contribution in [0.3, 0.4) is 0 Å². The van der Waals surface area contributed by atoms with Gasteiger partial charge in [0.1, 0.15) is 11.0 Å². The first-order valence-electron chi connectivity index (χ1n) is 12.1. The molecular formula is C26H32N4O8. The van der Waals surface area contributed by atoms with Gasteiger partial charge in [-0.25, -0.2) is 9.97 Å². The average Bonchev–Trinajstić information content (AvgIpc) is 3.54. The first-order valence-corrected chi connectivity index (χ1v) is 12.1. The number of rotatable bonds is 10. The Labute approximate surface area is 219 Å². The van der Waals surface area contributed by atoms with E-state index in [-0.39, 0.29) is 0 Å². The number of hydrogen-bond acceptors (Lipinski definition) is 12. The fourth-order valence-electron chi connectivity index (χ4n) is 4.77. The first-order chi connectivity index (χ1) is 18.5. The molecule has 0 radical (unpaired) electrons. The van der Waals surface area contributed by atoms with Crippen molar-refractivity contribution in [1.82, 2.24) is 19.8 Å². The molecule has 0 bridgehead atoms. The highest BCUT2D eigenvalue weighted by Gasteiger charge is 2.25. The van der Waals surface area contributed by atoms with Crippen molar-refractivity contribution in [3.8, 4) is 34.5 Å². The predicted octanol–water partition coefficient (Wildman–Crippen LogP) is 3.34. The SMILES string of the molecule is COc1cc2nc(CN3CCN(Cc4nc5cc(OC)c(OC)c(OC)c5o4)CC3)oc2c(OC)c1OC. The van der Waals surface area contributed by atoms with E-state index < -0.39 is 0 Å². The average molecular weight is 529 g/mol. The van der Waals surface area contributed by atoms with Crippen molar-refractivity contribution in [2.45, 2.75) is 13.1 Å². The molecule has 1 aliphatic rings. The highest BCUT2D eigenvalue weighted by molar-refractivity contribution is 5.86. The minimum atomic E-state index is 0.468.